The fourth-order valence-electron chi connectivity index (χ4n) is 3.42. The van der Waals surface area contributed by atoms with Crippen molar-refractivity contribution in [2.75, 3.05) is 33.3 Å². The van der Waals surface area contributed by atoms with Crippen molar-refractivity contribution >= 4 is 11.9 Å². The molecule has 1 heterocycles. The summed E-state index contributed by atoms with van der Waals surface area (Å²) in [5.74, 6) is 0.0950. The number of carboxylic acids is 1. The fraction of sp³-hybridized carbons (Fsp3) is 0.364. The Morgan fingerprint density at radius 1 is 1.00 bits per heavy atom. The zero-order valence-corrected chi connectivity index (χ0v) is 16.1. The van der Waals surface area contributed by atoms with E-state index < -0.39 is 5.97 Å². The van der Waals surface area contributed by atoms with Crippen molar-refractivity contribution in [1.29, 1.82) is 0 Å². The standard InChI is InChI=1S/C22H26N2O4/c1-28-20-8-5-17(6-9-20)7-10-21(25)24-13-11-23(12-14-24)16-18-3-2-4-19(15-18)22(26)27/h2-6,8-9,15H,7,10-14,16H2,1H3,(H,26,27). The Bertz CT molecular complexity index is 812. The molecule has 0 unspecified atom stereocenters. The monoisotopic (exact) mass is 382 g/mol. The van der Waals surface area contributed by atoms with E-state index in [0.29, 0.717) is 31.6 Å². The highest BCUT2D eigenvalue weighted by molar-refractivity contribution is 5.87. The minimum atomic E-state index is -0.908. The van der Waals surface area contributed by atoms with Crippen molar-refractivity contribution < 1.29 is 19.4 Å². The Kier molecular flexibility index (Phi) is 6.66. The highest BCUT2D eigenvalue weighted by atomic mass is 16.5. The van der Waals surface area contributed by atoms with Gasteiger partial charge in [0.2, 0.25) is 5.91 Å². The van der Waals surface area contributed by atoms with Crippen LogP contribution in [0.5, 0.6) is 5.75 Å². The average molecular weight is 382 g/mol. The summed E-state index contributed by atoms with van der Waals surface area (Å²) in [5, 5.41) is 9.11. The number of hydrogen-bond donors (Lipinski definition) is 1. The minimum absolute atomic E-state index is 0.184. The molecule has 1 fully saturated rings. The molecule has 1 saturated heterocycles. The Morgan fingerprint density at radius 3 is 2.36 bits per heavy atom. The smallest absolute Gasteiger partial charge is 0.335 e. The second-order valence-corrected chi connectivity index (χ2v) is 7.01. The molecule has 2 aromatic rings. The Hall–Kier alpha value is -2.86. The van der Waals surface area contributed by atoms with Crippen LogP contribution in [0.1, 0.15) is 27.9 Å². The van der Waals surface area contributed by atoms with E-state index in [4.69, 9.17) is 9.84 Å². The summed E-state index contributed by atoms with van der Waals surface area (Å²) < 4.78 is 5.15. The Balaban J connectivity index is 1.44. The number of hydrogen-bond acceptors (Lipinski definition) is 4. The lowest BCUT2D eigenvalue weighted by molar-refractivity contribution is -0.133. The molecule has 0 spiro atoms. The first kappa shape index (κ1) is 19.9. The highest BCUT2D eigenvalue weighted by Gasteiger charge is 2.21. The topological polar surface area (TPSA) is 70.1 Å². The molecule has 1 aliphatic rings. The molecule has 1 aliphatic heterocycles. The van der Waals surface area contributed by atoms with Gasteiger partial charge in [0.1, 0.15) is 5.75 Å². The summed E-state index contributed by atoms with van der Waals surface area (Å²) >= 11 is 0. The van der Waals surface area contributed by atoms with Gasteiger partial charge in [-0.2, -0.15) is 0 Å². The van der Waals surface area contributed by atoms with Crippen LogP contribution in [0, 0.1) is 0 Å². The predicted molar refractivity (Wildman–Crippen MR) is 107 cm³/mol. The number of nitrogens with zero attached hydrogens (tertiary/aromatic N) is 2. The number of carboxylic acid groups (broad SMARTS) is 1. The van der Waals surface area contributed by atoms with Gasteiger partial charge in [0.25, 0.3) is 0 Å². The first-order chi connectivity index (χ1) is 13.5. The summed E-state index contributed by atoms with van der Waals surface area (Å²) in [5.41, 5.74) is 2.43. The molecule has 148 valence electrons. The SMILES string of the molecule is COc1ccc(CCC(=O)N2CCN(Cc3cccc(C(=O)O)c3)CC2)cc1. The van der Waals surface area contributed by atoms with Crippen LogP contribution in [-0.4, -0.2) is 60.1 Å². The lowest BCUT2D eigenvalue weighted by Gasteiger charge is -2.35. The molecule has 6 nitrogen and oxygen atoms in total. The van der Waals surface area contributed by atoms with Crippen molar-refractivity contribution in [2.45, 2.75) is 19.4 Å². The maximum atomic E-state index is 12.5. The molecule has 0 aliphatic carbocycles. The van der Waals surface area contributed by atoms with E-state index in [2.05, 4.69) is 4.90 Å². The van der Waals surface area contributed by atoms with Crippen LogP contribution in [0.15, 0.2) is 48.5 Å². The summed E-state index contributed by atoms with van der Waals surface area (Å²) in [6, 6.07) is 14.9. The lowest BCUT2D eigenvalue weighted by atomic mass is 10.1. The summed E-state index contributed by atoms with van der Waals surface area (Å²) in [6.07, 6.45) is 1.23. The zero-order chi connectivity index (χ0) is 19.9. The van der Waals surface area contributed by atoms with Crippen molar-refractivity contribution in [1.82, 2.24) is 9.80 Å². The van der Waals surface area contributed by atoms with Crippen LogP contribution in [0.3, 0.4) is 0 Å². The molecule has 0 bridgehead atoms. The number of methoxy groups -OCH3 is 1. The number of piperazine rings is 1. The Morgan fingerprint density at radius 2 is 1.71 bits per heavy atom. The molecule has 0 aromatic heterocycles. The van der Waals surface area contributed by atoms with Gasteiger partial charge in [-0.05, 0) is 41.8 Å². The van der Waals surface area contributed by atoms with Crippen LogP contribution in [0.25, 0.3) is 0 Å². The van der Waals surface area contributed by atoms with Crippen molar-refractivity contribution in [3.8, 4) is 5.75 Å². The highest BCUT2D eigenvalue weighted by Crippen LogP contribution is 2.15. The molecular formula is C22H26N2O4. The van der Waals surface area contributed by atoms with E-state index in [0.717, 1.165) is 36.4 Å². The van der Waals surface area contributed by atoms with E-state index in [9.17, 15) is 9.59 Å². The van der Waals surface area contributed by atoms with E-state index >= 15 is 0 Å². The molecule has 6 heteroatoms. The molecular weight excluding hydrogens is 356 g/mol. The van der Waals surface area contributed by atoms with Gasteiger partial charge in [-0.25, -0.2) is 4.79 Å². The van der Waals surface area contributed by atoms with Crippen LogP contribution >= 0.6 is 0 Å². The molecule has 2 aromatic carbocycles. The third-order valence-corrected chi connectivity index (χ3v) is 5.09. The van der Waals surface area contributed by atoms with Crippen LogP contribution in [0.4, 0.5) is 0 Å². The zero-order valence-electron chi connectivity index (χ0n) is 16.1. The second kappa shape index (κ2) is 9.37. The maximum absolute atomic E-state index is 12.5. The van der Waals surface area contributed by atoms with E-state index in [-0.39, 0.29) is 5.91 Å². The van der Waals surface area contributed by atoms with Crippen molar-refractivity contribution in [2.24, 2.45) is 0 Å². The summed E-state index contributed by atoms with van der Waals surface area (Å²) in [4.78, 5) is 27.8. The van der Waals surface area contributed by atoms with Crippen LogP contribution < -0.4 is 4.74 Å². The lowest BCUT2D eigenvalue weighted by Crippen LogP contribution is -2.48. The summed E-state index contributed by atoms with van der Waals surface area (Å²) in [7, 11) is 1.64. The van der Waals surface area contributed by atoms with Gasteiger partial charge >= 0.3 is 5.97 Å². The van der Waals surface area contributed by atoms with Gasteiger partial charge < -0.3 is 14.7 Å². The number of carbonyl (C=O) groups excluding carboxylic acids is 1. The van der Waals surface area contributed by atoms with Gasteiger partial charge in [-0.3, -0.25) is 9.69 Å². The van der Waals surface area contributed by atoms with Gasteiger partial charge in [-0.15, -0.1) is 0 Å². The van der Waals surface area contributed by atoms with E-state index in [1.807, 2.05) is 35.2 Å². The van der Waals surface area contributed by atoms with Crippen molar-refractivity contribution in [3.05, 3.63) is 65.2 Å². The molecule has 0 atom stereocenters. The third kappa shape index (κ3) is 5.33. The maximum Gasteiger partial charge on any atom is 0.335 e. The normalized spacial score (nSPS) is 14.7. The first-order valence-electron chi connectivity index (χ1n) is 9.50. The number of benzene rings is 2. The summed E-state index contributed by atoms with van der Waals surface area (Å²) in [6.45, 7) is 3.71. The average Bonchev–Trinajstić information content (AvgIpc) is 2.73. The Labute approximate surface area is 165 Å². The molecule has 0 saturated carbocycles. The van der Waals surface area contributed by atoms with Crippen molar-refractivity contribution in [3.63, 3.8) is 0 Å². The second-order valence-electron chi connectivity index (χ2n) is 7.01. The number of aryl methyl sites for hydroxylation is 1. The van der Waals surface area contributed by atoms with Gasteiger partial charge in [-0.1, -0.05) is 24.3 Å². The number of amides is 1. The molecule has 1 amide bonds. The van der Waals surface area contributed by atoms with Gasteiger partial charge in [0.15, 0.2) is 0 Å². The molecule has 0 radical (unpaired) electrons. The van der Waals surface area contributed by atoms with Gasteiger partial charge in [0, 0.05) is 39.1 Å². The minimum Gasteiger partial charge on any atom is -0.497 e. The predicted octanol–water partition coefficient (Wildman–Crippen LogP) is 2.67. The quantitative estimate of drug-likeness (QED) is 0.797. The van der Waals surface area contributed by atoms with E-state index in [1.165, 1.54) is 0 Å². The van der Waals surface area contributed by atoms with Crippen LogP contribution in [0.2, 0.25) is 0 Å². The number of carbonyl (C=O) groups is 2. The number of rotatable bonds is 7. The molecule has 1 N–H and O–H groups in total. The molecule has 28 heavy (non-hydrogen) atoms. The third-order valence-electron chi connectivity index (χ3n) is 5.09. The molecule has 3 rings (SSSR count). The van der Waals surface area contributed by atoms with Gasteiger partial charge in [0.05, 0.1) is 12.7 Å². The van der Waals surface area contributed by atoms with Crippen LogP contribution in [-0.2, 0) is 17.8 Å². The number of ether oxygens (including phenoxy) is 1. The fourth-order valence-corrected chi connectivity index (χ4v) is 3.42. The first-order valence-corrected chi connectivity index (χ1v) is 9.50. The largest absolute Gasteiger partial charge is 0.497 e. The van der Waals surface area contributed by atoms with E-state index in [1.54, 1.807) is 25.3 Å². The number of aromatic carboxylic acids is 1.